The Labute approximate surface area is 259 Å². The number of hydrogen-bond donors (Lipinski definition) is 0. The van der Waals surface area contributed by atoms with E-state index in [9.17, 15) is 74.6 Å². The van der Waals surface area contributed by atoms with Crippen molar-refractivity contribution in [2.45, 2.75) is 125 Å². The van der Waals surface area contributed by atoms with E-state index in [2.05, 4.69) is 6.92 Å². The molecule has 272 valence electrons. The van der Waals surface area contributed by atoms with Crippen LogP contribution in [0.3, 0.4) is 0 Å². The van der Waals surface area contributed by atoms with Gasteiger partial charge < -0.3 is 0 Å². The van der Waals surface area contributed by atoms with Crippen molar-refractivity contribution in [1.29, 1.82) is 0 Å². The molecule has 2 aliphatic carbocycles. The predicted octanol–water partition coefficient (Wildman–Crippen LogP) is 12.1. The first-order chi connectivity index (χ1) is 21.2. The van der Waals surface area contributed by atoms with Gasteiger partial charge in [-0.1, -0.05) is 63.3 Å². The van der Waals surface area contributed by atoms with Crippen LogP contribution in [0.5, 0.6) is 0 Å². The molecule has 0 amide bonds. The van der Waals surface area contributed by atoms with E-state index in [-0.39, 0.29) is 30.0 Å². The van der Waals surface area contributed by atoms with Gasteiger partial charge in [0.1, 0.15) is 0 Å². The van der Waals surface area contributed by atoms with Gasteiger partial charge >= 0.3 is 47.6 Å². The normalized spacial score (nSPS) is 24.8. The molecule has 47 heavy (non-hydrogen) atoms. The van der Waals surface area contributed by atoms with E-state index in [1.807, 2.05) is 0 Å². The second-order valence-electron chi connectivity index (χ2n) is 12.7. The van der Waals surface area contributed by atoms with Crippen LogP contribution in [0.4, 0.5) is 74.6 Å². The van der Waals surface area contributed by atoms with E-state index in [0.29, 0.717) is 18.3 Å². The molecule has 3 rings (SSSR count). The Kier molecular flexibility index (Phi) is 11.0. The number of rotatable bonds is 12. The minimum absolute atomic E-state index is 0.0750. The molecular formula is C30H33F17. The van der Waals surface area contributed by atoms with Gasteiger partial charge in [0.2, 0.25) is 0 Å². The lowest BCUT2D eigenvalue weighted by Gasteiger charge is -2.42. The van der Waals surface area contributed by atoms with Crippen LogP contribution < -0.4 is 0 Å². The zero-order chi connectivity index (χ0) is 36.1. The van der Waals surface area contributed by atoms with Gasteiger partial charge in [-0.15, -0.1) is 0 Å². The molecular weight excluding hydrogens is 683 g/mol. The molecule has 0 atom stereocenters. The first-order valence-electron chi connectivity index (χ1n) is 15.0. The number of halogens is 17. The SMILES string of the molecule is CC[C@H]1CC[C@H](C2CCC(CCc3ccc(C(F)(F)C(F)(F)C(F)(F)C(F)(F)C(F)(F)C(F)(F)C(F)(F)C(F)(F)F)cc3)CC2)CC1. The standard InChI is InChI=1S/C30H33F17/c1-2-17-5-11-20(12-6-17)21-13-7-18(8-14-21)3-4-19-9-15-22(16-10-19)23(31,32)24(33,34)25(35,36)26(37,38)27(39,40)28(41,42)29(43,44)30(45,46)47/h9-10,15-18,20-21H,2-8,11-14H2,1H3/t17-,18?,20-,21?. The molecule has 0 aromatic heterocycles. The Bertz CT molecular complexity index is 1170. The van der Waals surface area contributed by atoms with Gasteiger partial charge in [-0.2, -0.15) is 74.6 Å². The Morgan fingerprint density at radius 1 is 0.468 bits per heavy atom. The van der Waals surface area contributed by atoms with Crippen LogP contribution in [0.25, 0.3) is 0 Å². The monoisotopic (exact) mass is 716 g/mol. The van der Waals surface area contributed by atoms with E-state index in [1.54, 1.807) is 0 Å². The number of hydrogen-bond acceptors (Lipinski definition) is 0. The van der Waals surface area contributed by atoms with E-state index < -0.39 is 53.2 Å². The highest BCUT2D eigenvalue weighted by molar-refractivity contribution is 5.30. The van der Waals surface area contributed by atoms with Crippen LogP contribution >= 0.6 is 0 Å². The topological polar surface area (TPSA) is 0 Å². The lowest BCUT2D eigenvalue weighted by molar-refractivity contribution is -0.462. The van der Waals surface area contributed by atoms with Crippen molar-refractivity contribution in [2.24, 2.45) is 23.7 Å². The van der Waals surface area contributed by atoms with Gasteiger partial charge in [-0.05, 0) is 67.8 Å². The fourth-order valence-electron chi connectivity index (χ4n) is 6.61. The lowest BCUT2D eigenvalue weighted by Crippen LogP contribution is -2.74. The molecule has 0 saturated heterocycles. The molecule has 0 heterocycles. The summed E-state index contributed by atoms with van der Waals surface area (Å²) in [4.78, 5) is 0. The van der Waals surface area contributed by atoms with Crippen molar-refractivity contribution in [3.8, 4) is 0 Å². The molecule has 0 N–H and O–H groups in total. The van der Waals surface area contributed by atoms with Gasteiger partial charge in [0.25, 0.3) is 0 Å². The van der Waals surface area contributed by atoms with Crippen molar-refractivity contribution in [3.05, 3.63) is 35.4 Å². The summed E-state index contributed by atoms with van der Waals surface area (Å²) < 4.78 is 231. The molecule has 0 bridgehead atoms. The van der Waals surface area contributed by atoms with E-state index >= 15 is 0 Å². The van der Waals surface area contributed by atoms with Crippen LogP contribution in [0, 0.1) is 23.7 Å². The maximum atomic E-state index is 14.6. The minimum Gasteiger partial charge on any atom is -0.194 e. The first kappa shape index (κ1) is 39.5. The average Bonchev–Trinajstić information content (AvgIpc) is 2.99. The number of alkyl halides is 17. The van der Waals surface area contributed by atoms with Gasteiger partial charge in [0.15, 0.2) is 0 Å². The third-order valence-electron chi connectivity index (χ3n) is 9.91. The zero-order valence-corrected chi connectivity index (χ0v) is 24.8. The predicted molar refractivity (Wildman–Crippen MR) is 136 cm³/mol. The highest BCUT2D eigenvalue weighted by atomic mass is 19.4. The van der Waals surface area contributed by atoms with E-state index in [1.165, 1.54) is 25.7 Å². The van der Waals surface area contributed by atoms with Crippen LogP contribution in [0.15, 0.2) is 24.3 Å². The zero-order valence-electron chi connectivity index (χ0n) is 24.8. The Balaban J connectivity index is 1.70. The summed E-state index contributed by atoms with van der Waals surface area (Å²) in [6.07, 6.45) is 2.59. The largest absolute Gasteiger partial charge is 0.460 e. The van der Waals surface area contributed by atoms with Gasteiger partial charge in [0.05, 0.1) is 0 Å². The molecule has 0 nitrogen and oxygen atoms in total. The highest BCUT2D eigenvalue weighted by Gasteiger charge is 2.95. The summed E-state index contributed by atoms with van der Waals surface area (Å²) in [5, 5.41) is 0. The molecule has 2 saturated carbocycles. The molecule has 0 spiro atoms. The fraction of sp³-hybridized carbons (Fsp3) is 0.800. The van der Waals surface area contributed by atoms with Gasteiger partial charge in [-0.3, -0.25) is 0 Å². The van der Waals surface area contributed by atoms with E-state index in [4.69, 9.17) is 0 Å². The van der Waals surface area contributed by atoms with Crippen LogP contribution in [-0.4, -0.2) is 41.7 Å². The van der Waals surface area contributed by atoms with Crippen molar-refractivity contribution in [3.63, 3.8) is 0 Å². The maximum Gasteiger partial charge on any atom is 0.460 e. The third-order valence-corrected chi connectivity index (χ3v) is 9.91. The summed E-state index contributed by atoms with van der Waals surface area (Å²) >= 11 is 0. The minimum atomic E-state index is -8.63. The summed E-state index contributed by atoms with van der Waals surface area (Å²) in [5.74, 6) is -54.2. The maximum absolute atomic E-state index is 14.6. The molecule has 0 aliphatic heterocycles. The fourth-order valence-corrected chi connectivity index (χ4v) is 6.61. The third kappa shape index (κ3) is 6.66. The average molecular weight is 717 g/mol. The van der Waals surface area contributed by atoms with Crippen molar-refractivity contribution >= 4 is 0 Å². The second kappa shape index (κ2) is 13.1. The number of aryl methyl sites for hydroxylation is 1. The first-order valence-corrected chi connectivity index (χ1v) is 15.0. The summed E-state index contributed by atoms with van der Waals surface area (Å²) in [5.41, 5.74) is -1.96. The van der Waals surface area contributed by atoms with Gasteiger partial charge in [0, 0.05) is 5.56 Å². The smallest absolute Gasteiger partial charge is 0.194 e. The van der Waals surface area contributed by atoms with E-state index in [0.717, 1.165) is 50.2 Å². The molecule has 1 aromatic rings. The molecule has 2 fully saturated rings. The van der Waals surface area contributed by atoms with Crippen molar-refractivity contribution in [1.82, 2.24) is 0 Å². The van der Waals surface area contributed by atoms with Crippen LogP contribution in [-0.2, 0) is 12.3 Å². The molecule has 0 radical (unpaired) electrons. The Morgan fingerprint density at radius 3 is 1.21 bits per heavy atom. The molecule has 2 aliphatic rings. The molecule has 1 aromatic carbocycles. The second-order valence-corrected chi connectivity index (χ2v) is 12.7. The van der Waals surface area contributed by atoms with Gasteiger partial charge in [-0.25, -0.2) is 0 Å². The number of benzene rings is 1. The quantitative estimate of drug-likeness (QED) is 0.189. The molecule has 0 unspecified atom stereocenters. The Hall–Kier alpha value is -1.97. The summed E-state index contributed by atoms with van der Waals surface area (Å²) in [7, 11) is 0. The summed E-state index contributed by atoms with van der Waals surface area (Å²) in [6, 6.07) is 1.62. The highest BCUT2D eigenvalue weighted by Crippen LogP contribution is 2.65. The van der Waals surface area contributed by atoms with Crippen LogP contribution in [0.2, 0.25) is 0 Å². The van der Waals surface area contributed by atoms with Crippen molar-refractivity contribution in [2.75, 3.05) is 0 Å². The van der Waals surface area contributed by atoms with Crippen LogP contribution in [0.1, 0.15) is 82.3 Å². The lowest BCUT2D eigenvalue weighted by atomic mass is 9.68. The molecule has 17 heteroatoms. The summed E-state index contributed by atoms with van der Waals surface area (Å²) in [6.45, 7) is 2.17. The Morgan fingerprint density at radius 2 is 0.830 bits per heavy atom. The van der Waals surface area contributed by atoms with Crippen molar-refractivity contribution < 1.29 is 74.6 Å².